The van der Waals surface area contributed by atoms with Crippen LogP contribution in [0.3, 0.4) is 0 Å². The zero-order chi connectivity index (χ0) is 20.7. The first kappa shape index (κ1) is 21.7. The fraction of sp³-hybridized carbons (Fsp3) is 0.350. The molecule has 0 radical (unpaired) electrons. The summed E-state index contributed by atoms with van der Waals surface area (Å²) >= 11 is 0. The number of carbonyl (C=O) groups excluding carboxylic acids is 1. The Hall–Kier alpha value is -2.58. The molecule has 1 amide bonds. The van der Waals surface area contributed by atoms with E-state index in [0.29, 0.717) is 30.4 Å². The molecule has 152 valence electrons. The molecule has 0 heterocycles. The molecule has 0 saturated carbocycles. The smallest absolute Gasteiger partial charge is 0.243 e. The van der Waals surface area contributed by atoms with Crippen LogP contribution in [0.5, 0.6) is 11.5 Å². The van der Waals surface area contributed by atoms with E-state index < -0.39 is 15.9 Å². The average molecular weight is 407 g/mol. The summed E-state index contributed by atoms with van der Waals surface area (Å²) in [6, 6.07) is 11.7. The molecule has 0 saturated heterocycles. The van der Waals surface area contributed by atoms with E-state index in [-0.39, 0.29) is 11.4 Å². The van der Waals surface area contributed by atoms with Crippen LogP contribution in [0, 0.1) is 6.92 Å². The average Bonchev–Trinajstić information content (AvgIpc) is 2.65. The first-order valence-electron chi connectivity index (χ1n) is 9.00. The Morgan fingerprint density at radius 2 is 1.61 bits per heavy atom. The van der Waals surface area contributed by atoms with E-state index in [4.69, 9.17) is 9.47 Å². The number of nitrogens with zero attached hydrogens (tertiary/aromatic N) is 1. The number of hydrogen-bond donors (Lipinski definition) is 1. The number of aryl methyl sites for hydroxylation is 1. The van der Waals surface area contributed by atoms with Crippen LogP contribution in [0.15, 0.2) is 47.4 Å². The molecule has 2 aromatic rings. The fourth-order valence-electron chi connectivity index (χ4n) is 2.50. The summed E-state index contributed by atoms with van der Waals surface area (Å²) in [6.07, 6.45) is 0. The van der Waals surface area contributed by atoms with E-state index in [1.165, 1.54) is 19.2 Å². The van der Waals surface area contributed by atoms with Gasteiger partial charge in [0.05, 0.1) is 24.7 Å². The maximum Gasteiger partial charge on any atom is 0.243 e. The van der Waals surface area contributed by atoms with E-state index in [1.54, 1.807) is 25.1 Å². The molecule has 0 unspecified atom stereocenters. The number of likely N-dealkylation sites (N-methyl/N-ethyl adjacent to an activating group) is 1. The van der Waals surface area contributed by atoms with Gasteiger partial charge < -0.3 is 14.8 Å². The molecule has 0 aliphatic rings. The first-order chi connectivity index (χ1) is 13.3. The maximum absolute atomic E-state index is 12.8. The molecule has 28 heavy (non-hydrogen) atoms. The molecule has 0 spiro atoms. The van der Waals surface area contributed by atoms with Crippen molar-refractivity contribution in [3.63, 3.8) is 0 Å². The molecule has 2 rings (SSSR count). The minimum atomic E-state index is -3.87. The maximum atomic E-state index is 12.8. The third-order valence-corrected chi connectivity index (χ3v) is 5.72. The summed E-state index contributed by atoms with van der Waals surface area (Å²) < 4.78 is 37.6. The summed E-state index contributed by atoms with van der Waals surface area (Å²) in [5.74, 6) is 0.400. The van der Waals surface area contributed by atoms with Gasteiger partial charge in [-0.05, 0) is 45.0 Å². The van der Waals surface area contributed by atoms with Gasteiger partial charge in [0.1, 0.15) is 0 Å². The Morgan fingerprint density at radius 1 is 1.00 bits per heavy atom. The Morgan fingerprint density at radius 3 is 2.21 bits per heavy atom. The Bertz CT molecular complexity index is 911. The molecule has 0 aliphatic heterocycles. The van der Waals surface area contributed by atoms with Gasteiger partial charge in [-0.15, -0.1) is 0 Å². The number of nitrogens with one attached hydrogen (secondary N) is 1. The van der Waals surface area contributed by atoms with Crippen LogP contribution in [-0.4, -0.2) is 45.4 Å². The highest BCUT2D eigenvalue weighted by Gasteiger charge is 2.24. The lowest BCUT2D eigenvalue weighted by Gasteiger charge is -2.18. The number of anilines is 1. The van der Waals surface area contributed by atoms with Gasteiger partial charge in [0.2, 0.25) is 15.9 Å². The summed E-state index contributed by atoms with van der Waals surface area (Å²) in [5.41, 5.74) is 1.68. The quantitative estimate of drug-likeness (QED) is 0.692. The third-order valence-electron chi connectivity index (χ3n) is 3.92. The Kier molecular flexibility index (Phi) is 7.42. The van der Waals surface area contributed by atoms with Crippen LogP contribution >= 0.6 is 0 Å². The van der Waals surface area contributed by atoms with E-state index in [9.17, 15) is 13.2 Å². The molecular formula is C20H26N2O5S. The third kappa shape index (κ3) is 5.46. The van der Waals surface area contributed by atoms with Crippen molar-refractivity contribution in [3.05, 3.63) is 48.0 Å². The SMILES string of the molecule is CCOc1ccc(S(=O)(=O)N(C)CC(=O)Nc2ccc(C)cc2)cc1OCC. The van der Waals surface area contributed by atoms with Gasteiger partial charge in [0.15, 0.2) is 11.5 Å². The lowest BCUT2D eigenvalue weighted by Crippen LogP contribution is -2.35. The fourth-order valence-corrected chi connectivity index (χ4v) is 3.64. The second-order valence-electron chi connectivity index (χ2n) is 6.15. The van der Waals surface area contributed by atoms with Crippen LogP contribution in [0.1, 0.15) is 19.4 Å². The predicted molar refractivity (Wildman–Crippen MR) is 108 cm³/mol. The summed E-state index contributed by atoms with van der Waals surface area (Å²) in [4.78, 5) is 12.3. The minimum Gasteiger partial charge on any atom is -0.490 e. The molecule has 8 heteroatoms. The molecular weight excluding hydrogens is 380 g/mol. The number of ether oxygens (including phenoxy) is 2. The van der Waals surface area contributed by atoms with Gasteiger partial charge in [-0.1, -0.05) is 17.7 Å². The molecule has 1 N–H and O–H groups in total. The number of amides is 1. The van der Waals surface area contributed by atoms with Crippen LogP contribution < -0.4 is 14.8 Å². The van der Waals surface area contributed by atoms with E-state index in [1.807, 2.05) is 26.0 Å². The van der Waals surface area contributed by atoms with Gasteiger partial charge >= 0.3 is 0 Å². The number of rotatable bonds is 9. The van der Waals surface area contributed by atoms with Crippen LogP contribution in [0.2, 0.25) is 0 Å². The molecule has 0 bridgehead atoms. The van der Waals surface area contributed by atoms with Gasteiger partial charge in [-0.2, -0.15) is 4.31 Å². The topological polar surface area (TPSA) is 84.9 Å². The Labute approximate surface area is 166 Å². The Balaban J connectivity index is 2.14. The lowest BCUT2D eigenvalue weighted by molar-refractivity contribution is -0.116. The van der Waals surface area contributed by atoms with Gasteiger partial charge in [-0.3, -0.25) is 4.79 Å². The second kappa shape index (κ2) is 9.57. The summed E-state index contributed by atoms with van der Waals surface area (Å²) in [6.45, 7) is 6.08. The number of sulfonamides is 1. The minimum absolute atomic E-state index is 0.0324. The standard InChI is InChI=1S/C20H26N2O5S/c1-5-26-18-12-11-17(13-19(18)27-6-2)28(24,25)22(4)14-20(23)21-16-9-7-15(3)8-10-16/h7-13H,5-6,14H2,1-4H3,(H,21,23). The number of hydrogen-bond acceptors (Lipinski definition) is 5. The van der Waals surface area contributed by atoms with Crippen molar-refractivity contribution in [2.75, 3.05) is 32.1 Å². The second-order valence-corrected chi connectivity index (χ2v) is 8.19. The normalized spacial score (nSPS) is 11.3. The highest BCUT2D eigenvalue weighted by molar-refractivity contribution is 7.89. The molecule has 0 aliphatic carbocycles. The zero-order valence-corrected chi connectivity index (χ0v) is 17.4. The van der Waals surface area contributed by atoms with Gasteiger partial charge in [-0.25, -0.2) is 8.42 Å². The van der Waals surface area contributed by atoms with E-state index >= 15 is 0 Å². The van der Waals surface area contributed by atoms with Crippen molar-refractivity contribution >= 4 is 21.6 Å². The van der Waals surface area contributed by atoms with Crippen molar-refractivity contribution in [1.29, 1.82) is 0 Å². The highest BCUT2D eigenvalue weighted by atomic mass is 32.2. The van der Waals surface area contributed by atoms with E-state index in [0.717, 1.165) is 9.87 Å². The largest absolute Gasteiger partial charge is 0.490 e. The molecule has 0 atom stereocenters. The molecule has 0 fully saturated rings. The molecule has 0 aromatic heterocycles. The van der Waals surface area contributed by atoms with E-state index in [2.05, 4.69) is 5.32 Å². The predicted octanol–water partition coefficient (Wildman–Crippen LogP) is 3.05. The number of benzene rings is 2. The van der Waals surface area contributed by atoms with Crippen molar-refractivity contribution in [3.8, 4) is 11.5 Å². The van der Waals surface area contributed by atoms with Gasteiger partial charge in [0.25, 0.3) is 0 Å². The van der Waals surface area contributed by atoms with Crippen molar-refractivity contribution in [1.82, 2.24) is 4.31 Å². The highest BCUT2D eigenvalue weighted by Crippen LogP contribution is 2.31. The first-order valence-corrected chi connectivity index (χ1v) is 10.4. The number of carbonyl (C=O) groups is 1. The molecule has 2 aromatic carbocycles. The summed E-state index contributed by atoms with van der Waals surface area (Å²) in [5, 5.41) is 2.69. The monoisotopic (exact) mass is 406 g/mol. The van der Waals surface area contributed by atoms with Crippen molar-refractivity contribution < 1.29 is 22.7 Å². The van der Waals surface area contributed by atoms with Crippen LogP contribution in [0.4, 0.5) is 5.69 Å². The lowest BCUT2D eigenvalue weighted by atomic mass is 10.2. The van der Waals surface area contributed by atoms with Crippen LogP contribution in [-0.2, 0) is 14.8 Å². The van der Waals surface area contributed by atoms with Gasteiger partial charge in [0, 0.05) is 18.8 Å². The molecule has 7 nitrogen and oxygen atoms in total. The summed E-state index contributed by atoms with van der Waals surface area (Å²) in [7, 11) is -2.51. The van der Waals surface area contributed by atoms with Crippen LogP contribution in [0.25, 0.3) is 0 Å². The van der Waals surface area contributed by atoms with Crippen molar-refractivity contribution in [2.24, 2.45) is 0 Å². The zero-order valence-electron chi connectivity index (χ0n) is 16.6. The van der Waals surface area contributed by atoms with Crippen molar-refractivity contribution in [2.45, 2.75) is 25.7 Å².